The van der Waals surface area contributed by atoms with Gasteiger partial charge < -0.3 is 14.8 Å². The zero-order chi connectivity index (χ0) is 13.2. The SMILES string of the molecule is CCCOc1cc(CC(COC)NCC)ncn1. The number of nitrogens with zero attached hydrogens (tertiary/aromatic N) is 2. The predicted molar refractivity (Wildman–Crippen MR) is 70.9 cm³/mol. The zero-order valence-corrected chi connectivity index (χ0v) is 11.5. The maximum Gasteiger partial charge on any atom is 0.216 e. The molecule has 1 aromatic rings. The maximum atomic E-state index is 5.49. The minimum Gasteiger partial charge on any atom is -0.478 e. The highest BCUT2D eigenvalue weighted by atomic mass is 16.5. The first-order valence-corrected chi connectivity index (χ1v) is 6.46. The van der Waals surface area contributed by atoms with Crippen LogP contribution in [0.25, 0.3) is 0 Å². The molecule has 5 nitrogen and oxygen atoms in total. The average Bonchev–Trinajstić information content (AvgIpc) is 2.37. The summed E-state index contributed by atoms with van der Waals surface area (Å²) >= 11 is 0. The van der Waals surface area contributed by atoms with Crippen molar-refractivity contribution in [1.82, 2.24) is 15.3 Å². The topological polar surface area (TPSA) is 56.3 Å². The summed E-state index contributed by atoms with van der Waals surface area (Å²) < 4.78 is 10.7. The number of likely N-dealkylation sites (N-methyl/N-ethyl adjacent to an activating group) is 1. The number of nitrogens with one attached hydrogen (secondary N) is 1. The average molecular weight is 253 g/mol. The molecule has 0 bridgehead atoms. The van der Waals surface area contributed by atoms with Crippen LogP contribution in [0.5, 0.6) is 5.88 Å². The van der Waals surface area contributed by atoms with Crippen LogP contribution in [0.3, 0.4) is 0 Å². The molecule has 1 rings (SSSR count). The fourth-order valence-corrected chi connectivity index (χ4v) is 1.71. The quantitative estimate of drug-likeness (QED) is 0.721. The summed E-state index contributed by atoms with van der Waals surface area (Å²) in [4.78, 5) is 8.36. The van der Waals surface area contributed by atoms with Crippen molar-refractivity contribution in [2.24, 2.45) is 0 Å². The second-order valence-corrected chi connectivity index (χ2v) is 4.11. The van der Waals surface area contributed by atoms with Gasteiger partial charge in [0.15, 0.2) is 0 Å². The van der Waals surface area contributed by atoms with Crippen LogP contribution in [0.2, 0.25) is 0 Å². The molecule has 102 valence electrons. The maximum absolute atomic E-state index is 5.49. The van der Waals surface area contributed by atoms with Crippen LogP contribution in [0.15, 0.2) is 12.4 Å². The lowest BCUT2D eigenvalue weighted by molar-refractivity contribution is 0.166. The van der Waals surface area contributed by atoms with Crippen LogP contribution in [-0.2, 0) is 11.2 Å². The monoisotopic (exact) mass is 253 g/mol. The van der Waals surface area contributed by atoms with Crippen LogP contribution < -0.4 is 10.1 Å². The van der Waals surface area contributed by atoms with Gasteiger partial charge in [-0.05, 0) is 13.0 Å². The molecule has 1 unspecified atom stereocenters. The third kappa shape index (κ3) is 5.42. The summed E-state index contributed by atoms with van der Waals surface area (Å²) in [7, 11) is 1.71. The van der Waals surface area contributed by atoms with E-state index in [4.69, 9.17) is 9.47 Å². The fourth-order valence-electron chi connectivity index (χ4n) is 1.71. The van der Waals surface area contributed by atoms with Crippen LogP contribution in [0.4, 0.5) is 0 Å². The Bertz CT molecular complexity index is 328. The third-order valence-electron chi connectivity index (χ3n) is 2.47. The van der Waals surface area contributed by atoms with Gasteiger partial charge in [0.05, 0.1) is 13.2 Å². The molecule has 5 heteroatoms. The first kappa shape index (κ1) is 14.9. The minimum atomic E-state index is 0.272. The van der Waals surface area contributed by atoms with Gasteiger partial charge in [-0.1, -0.05) is 13.8 Å². The lowest BCUT2D eigenvalue weighted by atomic mass is 10.1. The Hall–Kier alpha value is -1.20. The van der Waals surface area contributed by atoms with Crippen molar-refractivity contribution < 1.29 is 9.47 Å². The number of hydrogen-bond donors (Lipinski definition) is 1. The van der Waals surface area contributed by atoms with E-state index in [0.717, 1.165) is 25.1 Å². The lowest BCUT2D eigenvalue weighted by Crippen LogP contribution is -2.35. The Morgan fingerprint density at radius 2 is 2.17 bits per heavy atom. The molecule has 0 aromatic carbocycles. The number of rotatable bonds is 9. The van der Waals surface area contributed by atoms with Crippen molar-refractivity contribution in [1.29, 1.82) is 0 Å². The van der Waals surface area contributed by atoms with Gasteiger partial charge >= 0.3 is 0 Å². The highest BCUT2D eigenvalue weighted by molar-refractivity contribution is 5.14. The van der Waals surface area contributed by atoms with E-state index in [0.29, 0.717) is 19.1 Å². The van der Waals surface area contributed by atoms with E-state index in [-0.39, 0.29) is 6.04 Å². The lowest BCUT2D eigenvalue weighted by Gasteiger charge is -2.16. The first-order chi connectivity index (χ1) is 8.80. The van der Waals surface area contributed by atoms with E-state index < -0.39 is 0 Å². The largest absolute Gasteiger partial charge is 0.478 e. The summed E-state index contributed by atoms with van der Waals surface area (Å²) in [5.74, 6) is 0.648. The normalized spacial score (nSPS) is 12.4. The standard InChI is InChI=1S/C13H23N3O2/c1-4-6-18-13-8-11(15-10-16-13)7-12(9-17-3)14-5-2/h8,10,12,14H,4-7,9H2,1-3H3. The summed E-state index contributed by atoms with van der Waals surface area (Å²) in [6.45, 7) is 6.42. The van der Waals surface area contributed by atoms with Crippen LogP contribution in [-0.4, -0.2) is 42.9 Å². The Balaban J connectivity index is 2.58. The molecule has 1 aromatic heterocycles. The molecule has 1 heterocycles. The van der Waals surface area contributed by atoms with E-state index in [1.165, 1.54) is 0 Å². The molecule has 0 aliphatic carbocycles. The molecule has 0 fully saturated rings. The zero-order valence-electron chi connectivity index (χ0n) is 11.5. The van der Waals surface area contributed by atoms with Gasteiger partial charge in [0, 0.05) is 31.3 Å². The number of methoxy groups -OCH3 is 1. The van der Waals surface area contributed by atoms with Gasteiger partial charge in [-0.25, -0.2) is 9.97 Å². The minimum absolute atomic E-state index is 0.272. The van der Waals surface area contributed by atoms with E-state index >= 15 is 0 Å². The molecule has 18 heavy (non-hydrogen) atoms. The van der Waals surface area contributed by atoms with Gasteiger partial charge in [-0.15, -0.1) is 0 Å². The van der Waals surface area contributed by atoms with Gasteiger partial charge in [0.1, 0.15) is 6.33 Å². The van der Waals surface area contributed by atoms with E-state index in [9.17, 15) is 0 Å². The Kier molecular flexibility index (Phi) is 7.29. The van der Waals surface area contributed by atoms with Crippen LogP contribution >= 0.6 is 0 Å². The molecule has 0 aliphatic rings. The molecule has 0 amide bonds. The van der Waals surface area contributed by atoms with Crippen LogP contribution in [0, 0.1) is 0 Å². The van der Waals surface area contributed by atoms with E-state index in [1.807, 2.05) is 6.07 Å². The van der Waals surface area contributed by atoms with Crippen LogP contribution in [0.1, 0.15) is 26.0 Å². The van der Waals surface area contributed by atoms with Crippen molar-refractivity contribution in [2.75, 3.05) is 26.9 Å². The van der Waals surface area contributed by atoms with Gasteiger partial charge in [0.2, 0.25) is 5.88 Å². The van der Waals surface area contributed by atoms with Gasteiger partial charge in [-0.2, -0.15) is 0 Å². The fraction of sp³-hybridized carbons (Fsp3) is 0.692. The number of hydrogen-bond acceptors (Lipinski definition) is 5. The highest BCUT2D eigenvalue weighted by Gasteiger charge is 2.10. The van der Waals surface area contributed by atoms with Crippen molar-refractivity contribution in [2.45, 2.75) is 32.7 Å². The Morgan fingerprint density at radius 3 is 2.83 bits per heavy atom. The summed E-state index contributed by atoms with van der Waals surface area (Å²) in [6.07, 6.45) is 3.34. The van der Waals surface area contributed by atoms with Crippen molar-refractivity contribution >= 4 is 0 Å². The molecule has 0 aliphatic heterocycles. The Labute approximate surface area is 109 Å². The molecule has 0 saturated carbocycles. The van der Waals surface area contributed by atoms with Crippen molar-refractivity contribution in [3.05, 3.63) is 18.1 Å². The third-order valence-corrected chi connectivity index (χ3v) is 2.47. The molecule has 1 N–H and O–H groups in total. The number of aromatic nitrogens is 2. The van der Waals surface area contributed by atoms with Gasteiger partial charge in [-0.3, -0.25) is 0 Å². The van der Waals surface area contributed by atoms with Crippen molar-refractivity contribution in [3.63, 3.8) is 0 Å². The highest BCUT2D eigenvalue weighted by Crippen LogP contribution is 2.09. The molecule has 0 spiro atoms. The Morgan fingerprint density at radius 1 is 1.33 bits per heavy atom. The summed E-state index contributed by atoms with van der Waals surface area (Å²) in [6, 6.07) is 2.17. The molecule has 0 radical (unpaired) electrons. The molecular formula is C13H23N3O2. The second-order valence-electron chi connectivity index (χ2n) is 4.11. The predicted octanol–water partition coefficient (Wildman–Crippen LogP) is 1.43. The number of ether oxygens (including phenoxy) is 2. The second kappa shape index (κ2) is 8.83. The molecule has 0 saturated heterocycles. The molecular weight excluding hydrogens is 230 g/mol. The van der Waals surface area contributed by atoms with E-state index in [1.54, 1.807) is 13.4 Å². The van der Waals surface area contributed by atoms with Crippen molar-refractivity contribution in [3.8, 4) is 5.88 Å². The summed E-state index contributed by atoms with van der Waals surface area (Å²) in [5, 5.41) is 3.37. The van der Waals surface area contributed by atoms with Gasteiger partial charge in [0.25, 0.3) is 0 Å². The smallest absolute Gasteiger partial charge is 0.216 e. The molecule has 1 atom stereocenters. The first-order valence-electron chi connectivity index (χ1n) is 6.46. The summed E-state index contributed by atoms with van der Waals surface area (Å²) in [5.41, 5.74) is 0.971. The van der Waals surface area contributed by atoms with E-state index in [2.05, 4.69) is 29.1 Å².